The fraction of sp³-hybridized carbons (Fsp3) is 0.800. The summed E-state index contributed by atoms with van der Waals surface area (Å²) in [4.78, 5) is 23.4. The lowest BCUT2D eigenvalue weighted by Crippen LogP contribution is -2.44. The van der Waals surface area contributed by atoms with Gasteiger partial charge >= 0.3 is 12.0 Å². The number of likely N-dealkylation sites (N-methyl/N-ethyl adjacent to an activating group) is 1. The fourth-order valence-electron chi connectivity index (χ4n) is 1.13. The van der Waals surface area contributed by atoms with E-state index in [2.05, 4.69) is 5.32 Å². The van der Waals surface area contributed by atoms with Crippen molar-refractivity contribution in [3.8, 4) is 0 Å². The van der Waals surface area contributed by atoms with Crippen LogP contribution >= 0.6 is 0 Å². The highest BCUT2D eigenvalue weighted by atomic mass is 16.5. The van der Waals surface area contributed by atoms with E-state index >= 15 is 0 Å². The van der Waals surface area contributed by atoms with Crippen molar-refractivity contribution < 1.29 is 19.4 Å². The number of nitrogens with zero attached hydrogens (tertiary/aromatic N) is 1. The van der Waals surface area contributed by atoms with Crippen LogP contribution in [0.2, 0.25) is 0 Å². The van der Waals surface area contributed by atoms with E-state index in [0.29, 0.717) is 13.1 Å². The smallest absolute Gasteiger partial charge is 0.317 e. The van der Waals surface area contributed by atoms with Gasteiger partial charge in [0.25, 0.3) is 0 Å². The molecule has 2 amide bonds. The van der Waals surface area contributed by atoms with E-state index in [0.717, 1.165) is 0 Å². The average Bonchev–Trinajstić information content (AvgIpc) is 2.24. The molecular formula is C10H20N2O4. The van der Waals surface area contributed by atoms with E-state index in [9.17, 15) is 9.59 Å². The van der Waals surface area contributed by atoms with Crippen LogP contribution in [0.25, 0.3) is 0 Å². The summed E-state index contributed by atoms with van der Waals surface area (Å²) < 4.78 is 5.06. The maximum absolute atomic E-state index is 11.6. The van der Waals surface area contributed by atoms with Crippen molar-refractivity contribution in [1.29, 1.82) is 0 Å². The van der Waals surface area contributed by atoms with E-state index < -0.39 is 5.97 Å². The summed E-state index contributed by atoms with van der Waals surface area (Å²) in [5.41, 5.74) is 0. The third-order valence-corrected chi connectivity index (χ3v) is 2.16. The Labute approximate surface area is 95.6 Å². The Morgan fingerprint density at radius 3 is 2.56 bits per heavy atom. The lowest BCUT2D eigenvalue weighted by atomic mass is 10.3. The molecule has 0 aromatic heterocycles. The third-order valence-electron chi connectivity index (χ3n) is 2.16. The number of carboxylic acid groups (broad SMARTS) is 1. The molecule has 0 saturated heterocycles. The first-order valence-corrected chi connectivity index (χ1v) is 5.28. The van der Waals surface area contributed by atoms with Crippen molar-refractivity contribution in [3.63, 3.8) is 0 Å². The summed E-state index contributed by atoms with van der Waals surface area (Å²) in [5, 5.41) is 11.0. The fourth-order valence-corrected chi connectivity index (χ4v) is 1.13. The molecule has 0 aliphatic rings. The van der Waals surface area contributed by atoms with Gasteiger partial charge in [0.15, 0.2) is 0 Å². The molecule has 6 heteroatoms. The second kappa shape index (κ2) is 7.92. The Bertz CT molecular complexity index is 233. The number of carbonyl (C=O) groups excluding carboxylic acids is 1. The molecule has 0 spiro atoms. The number of aliphatic carboxylic acids is 1. The van der Waals surface area contributed by atoms with Crippen LogP contribution in [0.1, 0.15) is 20.3 Å². The van der Waals surface area contributed by atoms with Crippen LogP contribution in [0.3, 0.4) is 0 Å². The number of hydrogen-bond donors (Lipinski definition) is 2. The SMILES string of the molecule is CCN(CC(C)OC)C(=O)NCCC(=O)O. The molecule has 0 aromatic carbocycles. The van der Waals surface area contributed by atoms with E-state index in [4.69, 9.17) is 9.84 Å². The normalized spacial score (nSPS) is 11.9. The molecule has 0 radical (unpaired) electrons. The minimum Gasteiger partial charge on any atom is -0.481 e. The lowest BCUT2D eigenvalue weighted by molar-refractivity contribution is -0.136. The third kappa shape index (κ3) is 6.23. The van der Waals surface area contributed by atoms with Gasteiger partial charge in [-0.2, -0.15) is 0 Å². The van der Waals surface area contributed by atoms with Gasteiger partial charge in [0.1, 0.15) is 0 Å². The van der Waals surface area contributed by atoms with Gasteiger partial charge < -0.3 is 20.1 Å². The summed E-state index contributed by atoms with van der Waals surface area (Å²) in [6, 6.07) is -0.257. The van der Waals surface area contributed by atoms with Crippen LogP contribution in [0, 0.1) is 0 Å². The molecule has 16 heavy (non-hydrogen) atoms. The monoisotopic (exact) mass is 232 g/mol. The summed E-state index contributed by atoms with van der Waals surface area (Å²) in [6.07, 6.45) is -0.103. The van der Waals surface area contributed by atoms with E-state index in [1.54, 1.807) is 12.0 Å². The molecule has 2 N–H and O–H groups in total. The van der Waals surface area contributed by atoms with Crippen LogP contribution in [0.4, 0.5) is 4.79 Å². The number of urea groups is 1. The highest BCUT2D eigenvalue weighted by Gasteiger charge is 2.14. The molecule has 0 saturated carbocycles. The topological polar surface area (TPSA) is 78.9 Å². The molecule has 6 nitrogen and oxygen atoms in total. The van der Waals surface area contributed by atoms with Gasteiger partial charge in [-0.1, -0.05) is 0 Å². The predicted octanol–water partition coefficient (Wildman–Crippen LogP) is 0.527. The molecule has 1 unspecified atom stereocenters. The van der Waals surface area contributed by atoms with Gasteiger partial charge in [-0.25, -0.2) is 4.79 Å². The highest BCUT2D eigenvalue weighted by molar-refractivity contribution is 5.75. The number of hydrogen-bond acceptors (Lipinski definition) is 3. The second-order valence-corrected chi connectivity index (χ2v) is 3.46. The van der Waals surface area contributed by atoms with Crippen molar-refractivity contribution in [3.05, 3.63) is 0 Å². The molecule has 0 aromatic rings. The Hall–Kier alpha value is -1.30. The first-order valence-electron chi connectivity index (χ1n) is 5.28. The van der Waals surface area contributed by atoms with Crippen LogP contribution < -0.4 is 5.32 Å². The predicted molar refractivity (Wildman–Crippen MR) is 59.4 cm³/mol. The maximum atomic E-state index is 11.6. The van der Waals surface area contributed by atoms with Gasteiger partial charge in [-0.3, -0.25) is 4.79 Å². The Kier molecular flexibility index (Phi) is 7.28. The van der Waals surface area contributed by atoms with Crippen molar-refractivity contribution in [2.75, 3.05) is 26.7 Å². The molecule has 0 fully saturated rings. The van der Waals surface area contributed by atoms with Gasteiger partial charge in [0, 0.05) is 26.7 Å². The number of amides is 2. The van der Waals surface area contributed by atoms with Gasteiger partial charge in [0.05, 0.1) is 12.5 Å². The maximum Gasteiger partial charge on any atom is 0.317 e. The number of rotatable bonds is 7. The Morgan fingerprint density at radius 2 is 2.12 bits per heavy atom. The Morgan fingerprint density at radius 1 is 1.50 bits per heavy atom. The van der Waals surface area contributed by atoms with Crippen molar-refractivity contribution >= 4 is 12.0 Å². The molecule has 0 rings (SSSR count). The number of carbonyl (C=O) groups is 2. The second-order valence-electron chi connectivity index (χ2n) is 3.46. The number of nitrogens with one attached hydrogen (secondary N) is 1. The van der Waals surface area contributed by atoms with Crippen LogP contribution in [0.5, 0.6) is 0 Å². The lowest BCUT2D eigenvalue weighted by Gasteiger charge is -2.24. The Balaban J connectivity index is 3.96. The average molecular weight is 232 g/mol. The number of ether oxygens (including phenoxy) is 1. The standard InChI is InChI=1S/C10H20N2O4/c1-4-12(7-8(2)16-3)10(15)11-6-5-9(13)14/h8H,4-7H2,1-3H3,(H,11,15)(H,13,14). The van der Waals surface area contributed by atoms with Gasteiger partial charge in [-0.15, -0.1) is 0 Å². The largest absolute Gasteiger partial charge is 0.481 e. The van der Waals surface area contributed by atoms with Crippen molar-refractivity contribution in [1.82, 2.24) is 10.2 Å². The van der Waals surface area contributed by atoms with Crippen LogP contribution in [0.15, 0.2) is 0 Å². The summed E-state index contributed by atoms with van der Waals surface area (Å²) in [5.74, 6) is -0.923. The minimum absolute atomic E-state index is 0.0369. The van der Waals surface area contributed by atoms with E-state index in [-0.39, 0.29) is 25.1 Å². The molecule has 1 atom stereocenters. The van der Waals surface area contributed by atoms with Crippen molar-refractivity contribution in [2.24, 2.45) is 0 Å². The van der Waals surface area contributed by atoms with Gasteiger partial charge in [0.2, 0.25) is 0 Å². The molecule has 0 aliphatic carbocycles. The zero-order chi connectivity index (χ0) is 12.6. The summed E-state index contributed by atoms with van der Waals surface area (Å²) in [6.45, 7) is 4.93. The molecule has 94 valence electrons. The number of carboxylic acids is 1. The van der Waals surface area contributed by atoms with Crippen LogP contribution in [-0.2, 0) is 9.53 Å². The van der Waals surface area contributed by atoms with Crippen molar-refractivity contribution in [2.45, 2.75) is 26.4 Å². The van der Waals surface area contributed by atoms with Gasteiger partial charge in [-0.05, 0) is 13.8 Å². The minimum atomic E-state index is -0.923. The zero-order valence-corrected chi connectivity index (χ0v) is 10.0. The van der Waals surface area contributed by atoms with E-state index in [1.807, 2.05) is 13.8 Å². The molecular weight excluding hydrogens is 212 g/mol. The molecule has 0 heterocycles. The summed E-state index contributed by atoms with van der Waals surface area (Å²) >= 11 is 0. The molecule has 0 bridgehead atoms. The zero-order valence-electron chi connectivity index (χ0n) is 10.0. The molecule has 0 aliphatic heterocycles. The summed E-state index contributed by atoms with van der Waals surface area (Å²) in [7, 11) is 1.58. The van der Waals surface area contributed by atoms with Crippen LogP contribution in [-0.4, -0.2) is 54.9 Å². The van der Waals surface area contributed by atoms with E-state index in [1.165, 1.54) is 0 Å². The first-order chi connectivity index (χ1) is 7.51. The highest BCUT2D eigenvalue weighted by Crippen LogP contribution is 1.96. The first kappa shape index (κ1) is 14.7. The number of methoxy groups -OCH3 is 1. The quantitative estimate of drug-likeness (QED) is 0.671.